The van der Waals surface area contributed by atoms with E-state index in [-0.39, 0.29) is 0 Å². The number of primary amides is 1. The van der Waals surface area contributed by atoms with Crippen molar-refractivity contribution in [1.29, 1.82) is 0 Å². The molecule has 0 radical (unpaired) electrons. The van der Waals surface area contributed by atoms with Crippen LogP contribution in [0, 0.1) is 0 Å². The fourth-order valence-corrected chi connectivity index (χ4v) is 3.24. The van der Waals surface area contributed by atoms with Gasteiger partial charge in [-0.05, 0) is 42.3 Å². The van der Waals surface area contributed by atoms with Gasteiger partial charge >= 0.3 is 0 Å². The highest BCUT2D eigenvalue weighted by Gasteiger charge is 2.10. The van der Waals surface area contributed by atoms with Crippen LogP contribution in [0.2, 0.25) is 0 Å². The minimum absolute atomic E-state index is 0.418. The van der Waals surface area contributed by atoms with E-state index in [1.807, 2.05) is 67.3 Å². The first kappa shape index (κ1) is 17.7. The zero-order valence-corrected chi connectivity index (χ0v) is 15.7. The molecule has 0 aliphatic carbocycles. The Morgan fingerprint density at radius 2 is 1.93 bits per heavy atom. The number of amides is 1. The smallest absolute Gasteiger partial charge is 0.248 e. The summed E-state index contributed by atoms with van der Waals surface area (Å²) in [6, 6.07) is 15.1. The molecule has 0 atom stereocenters. The second kappa shape index (κ2) is 7.15. The molecule has 2 aromatic heterocycles. The van der Waals surface area contributed by atoms with Crippen molar-refractivity contribution in [2.24, 2.45) is 12.8 Å². The third-order valence-corrected chi connectivity index (χ3v) is 4.74. The minimum atomic E-state index is -0.418. The van der Waals surface area contributed by atoms with Crippen molar-refractivity contribution in [3.05, 3.63) is 72.1 Å². The van der Waals surface area contributed by atoms with Gasteiger partial charge in [-0.3, -0.25) is 14.5 Å². The lowest BCUT2D eigenvalue weighted by molar-refractivity contribution is 0.0999. The van der Waals surface area contributed by atoms with Gasteiger partial charge in [0.05, 0.1) is 17.4 Å². The summed E-state index contributed by atoms with van der Waals surface area (Å²) in [5.74, 6) is 0.995. The molecule has 0 aliphatic heterocycles. The molecular weight excluding hydrogens is 352 g/mol. The van der Waals surface area contributed by atoms with Crippen molar-refractivity contribution >= 4 is 16.8 Å². The molecule has 1 amide bonds. The Labute approximate surface area is 162 Å². The maximum absolute atomic E-state index is 11.6. The van der Waals surface area contributed by atoms with Crippen molar-refractivity contribution in [3.8, 4) is 22.8 Å². The number of hydrogen-bond donors (Lipinski definition) is 1. The molecule has 4 aromatic rings. The van der Waals surface area contributed by atoms with Crippen molar-refractivity contribution in [3.63, 3.8) is 0 Å². The normalized spacial score (nSPS) is 10.9. The van der Waals surface area contributed by atoms with Gasteiger partial charge in [-0.2, -0.15) is 5.10 Å². The Kier molecular flexibility index (Phi) is 4.53. The molecule has 140 valence electrons. The average Bonchev–Trinajstić information content (AvgIpc) is 3.08. The van der Waals surface area contributed by atoms with Gasteiger partial charge < -0.3 is 10.5 Å². The SMILES string of the molecule is CCc1cc(-c2cc(Oc3ccc4cnn(C)c4c3)ccn2)ccc1C(N)=O. The Morgan fingerprint density at radius 1 is 1.11 bits per heavy atom. The summed E-state index contributed by atoms with van der Waals surface area (Å²) in [5.41, 5.74) is 9.58. The second-order valence-electron chi connectivity index (χ2n) is 6.56. The molecule has 0 unspecified atom stereocenters. The van der Waals surface area contributed by atoms with Crippen LogP contribution in [0.15, 0.2) is 60.9 Å². The number of aryl methyl sites for hydroxylation is 2. The van der Waals surface area contributed by atoms with E-state index >= 15 is 0 Å². The van der Waals surface area contributed by atoms with E-state index in [1.54, 1.807) is 12.3 Å². The van der Waals surface area contributed by atoms with Crippen LogP contribution in [0.3, 0.4) is 0 Å². The number of benzene rings is 2. The zero-order valence-electron chi connectivity index (χ0n) is 15.7. The minimum Gasteiger partial charge on any atom is -0.457 e. The Hall–Kier alpha value is -3.67. The number of aromatic nitrogens is 3. The third kappa shape index (κ3) is 3.32. The van der Waals surface area contributed by atoms with Gasteiger partial charge in [0.15, 0.2) is 0 Å². The molecular formula is C22H20N4O2. The predicted molar refractivity (Wildman–Crippen MR) is 108 cm³/mol. The fraction of sp³-hybridized carbons (Fsp3) is 0.136. The van der Waals surface area contributed by atoms with Crippen molar-refractivity contribution in [2.75, 3.05) is 0 Å². The molecule has 6 heteroatoms. The molecule has 2 heterocycles. The third-order valence-electron chi connectivity index (χ3n) is 4.74. The van der Waals surface area contributed by atoms with Gasteiger partial charge in [0.1, 0.15) is 11.5 Å². The van der Waals surface area contributed by atoms with Crippen LogP contribution >= 0.6 is 0 Å². The lowest BCUT2D eigenvalue weighted by atomic mass is 9.99. The van der Waals surface area contributed by atoms with Gasteiger partial charge in [0, 0.05) is 41.9 Å². The number of pyridine rings is 1. The monoisotopic (exact) mass is 372 g/mol. The van der Waals surface area contributed by atoms with E-state index < -0.39 is 5.91 Å². The lowest BCUT2D eigenvalue weighted by Crippen LogP contribution is -2.13. The van der Waals surface area contributed by atoms with Crippen LogP contribution in [0.1, 0.15) is 22.8 Å². The quantitative estimate of drug-likeness (QED) is 0.572. The average molecular weight is 372 g/mol. The summed E-state index contributed by atoms with van der Waals surface area (Å²) in [5, 5.41) is 5.31. The van der Waals surface area contributed by atoms with E-state index in [0.717, 1.165) is 33.5 Å². The molecule has 4 rings (SSSR count). The summed E-state index contributed by atoms with van der Waals surface area (Å²) >= 11 is 0. The van der Waals surface area contributed by atoms with Gasteiger partial charge in [-0.25, -0.2) is 0 Å². The fourth-order valence-electron chi connectivity index (χ4n) is 3.24. The molecule has 2 aromatic carbocycles. The van der Waals surface area contributed by atoms with E-state index in [4.69, 9.17) is 10.5 Å². The van der Waals surface area contributed by atoms with Crippen LogP contribution in [-0.2, 0) is 13.5 Å². The largest absolute Gasteiger partial charge is 0.457 e. The maximum Gasteiger partial charge on any atom is 0.248 e. The number of nitrogens with zero attached hydrogens (tertiary/aromatic N) is 3. The van der Waals surface area contributed by atoms with Crippen LogP contribution in [-0.4, -0.2) is 20.7 Å². The number of fused-ring (bicyclic) bond motifs is 1. The lowest BCUT2D eigenvalue weighted by Gasteiger charge is -2.10. The number of carbonyl (C=O) groups is 1. The summed E-state index contributed by atoms with van der Waals surface area (Å²) < 4.78 is 7.85. The Morgan fingerprint density at radius 3 is 2.71 bits per heavy atom. The van der Waals surface area contributed by atoms with E-state index in [9.17, 15) is 4.79 Å². The first-order valence-electron chi connectivity index (χ1n) is 9.04. The zero-order chi connectivity index (χ0) is 19.7. The number of hydrogen-bond acceptors (Lipinski definition) is 4. The van der Waals surface area contributed by atoms with E-state index in [2.05, 4.69) is 10.1 Å². The first-order chi connectivity index (χ1) is 13.5. The van der Waals surface area contributed by atoms with Crippen LogP contribution < -0.4 is 10.5 Å². The highest BCUT2D eigenvalue weighted by molar-refractivity contribution is 5.95. The number of ether oxygens (including phenoxy) is 1. The molecule has 0 bridgehead atoms. The Balaban J connectivity index is 1.65. The number of carbonyl (C=O) groups excluding carboxylic acids is 1. The van der Waals surface area contributed by atoms with Crippen molar-refractivity contribution < 1.29 is 9.53 Å². The highest BCUT2D eigenvalue weighted by Crippen LogP contribution is 2.29. The second-order valence-corrected chi connectivity index (χ2v) is 6.56. The number of nitrogens with two attached hydrogens (primary N) is 1. The molecule has 0 saturated carbocycles. The predicted octanol–water partition coefficient (Wildman–Crippen LogP) is 4.09. The van der Waals surface area contributed by atoms with Gasteiger partial charge in [-0.15, -0.1) is 0 Å². The summed E-state index contributed by atoms with van der Waals surface area (Å²) in [6.07, 6.45) is 4.25. The number of rotatable bonds is 5. The summed E-state index contributed by atoms with van der Waals surface area (Å²) in [4.78, 5) is 16.0. The molecule has 0 fully saturated rings. The molecule has 2 N–H and O–H groups in total. The first-order valence-corrected chi connectivity index (χ1v) is 9.04. The summed E-state index contributed by atoms with van der Waals surface area (Å²) in [7, 11) is 1.90. The molecule has 0 aliphatic rings. The van der Waals surface area contributed by atoms with Gasteiger partial charge in [0.2, 0.25) is 5.91 Å². The molecule has 6 nitrogen and oxygen atoms in total. The Bertz CT molecular complexity index is 1180. The summed E-state index contributed by atoms with van der Waals surface area (Å²) in [6.45, 7) is 1.99. The van der Waals surface area contributed by atoms with Gasteiger partial charge in [-0.1, -0.05) is 13.0 Å². The van der Waals surface area contributed by atoms with Crippen molar-refractivity contribution in [2.45, 2.75) is 13.3 Å². The molecule has 28 heavy (non-hydrogen) atoms. The highest BCUT2D eigenvalue weighted by atomic mass is 16.5. The van der Waals surface area contributed by atoms with Crippen LogP contribution in [0.5, 0.6) is 11.5 Å². The maximum atomic E-state index is 11.6. The molecule has 0 spiro atoms. The standard InChI is InChI=1S/C22H20N4O2/c1-3-14-10-15(5-7-19(14)22(23)27)20-11-18(8-9-24-20)28-17-6-4-16-13-25-26(2)21(16)12-17/h4-13H,3H2,1-2H3,(H2,23,27). The topological polar surface area (TPSA) is 83.0 Å². The van der Waals surface area contributed by atoms with Gasteiger partial charge in [0.25, 0.3) is 0 Å². The van der Waals surface area contributed by atoms with Crippen LogP contribution in [0.4, 0.5) is 0 Å². The van der Waals surface area contributed by atoms with Crippen LogP contribution in [0.25, 0.3) is 22.2 Å². The van der Waals surface area contributed by atoms with Crippen molar-refractivity contribution in [1.82, 2.24) is 14.8 Å². The van der Waals surface area contributed by atoms with E-state index in [0.29, 0.717) is 17.7 Å². The molecule has 0 saturated heterocycles. The van der Waals surface area contributed by atoms with E-state index in [1.165, 1.54) is 0 Å².